The number of rotatable bonds is 2. The zero-order chi connectivity index (χ0) is 27.4. The summed E-state index contributed by atoms with van der Waals surface area (Å²) >= 11 is 0. The van der Waals surface area contributed by atoms with Gasteiger partial charge in [0.2, 0.25) is 0 Å². The van der Waals surface area contributed by atoms with E-state index in [4.69, 9.17) is 9.40 Å². The fourth-order valence-corrected chi connectivity index (χ4v) is 6.92. The predicted octanol–water partition coefficient (Wildman–Crippen LogP) is 9.43. The van der Waals surface area contributed by atoms with Crippen LogP contribution in [0.3, 0.4) is 0 Å². The van der Waals surface area contributed by atoms with E-state index in [2.05, 4.69) is 141 Å². The molecule has 5 aromatic heterocycles. The molecular weight excluding hydrogens is 516 g/mol. The lowest BCUT2D eigenvalue weighted by molar-refractivity contribution is 0.663. The molecule has 5 aromatic carbocycles. The molecule has 0 amide bonds. The molecule has 0 aliphatic heterocycles. The first-order chi connectivity index (χ1) is 20.8. The van der Waals surface area contributed by atoms with E-state index in [0.717, 1.165) is 55.6 Å². The van der Waals surface area contributed by atoms with E-state index in [1.165, 1.54) is 27.2 Å². The van der Waals surface area contributed by atoms with Gasteiger partial charge in [-0.1, -0.05) is 66.7 Å². The highest BCUT2D eigenvalue weighted by atomic mass is 16.3. The molecule has 10 rings (SSSR count). The van der Waals surface area contributed by atoms with Crippen LogP contribution in [0.1, 0.15) is 0 Å². The van der Waals surface area contributed by atoms with Gasteiger partial charge in [-0.3, -0.25) is 13.5 Å². The third-order valence-electron chi connectivity index (χ3n) is 8.69. The summed E-state index contributed by atoms with van der Waals surface area (Å²) in [6, 6.07) is 45.0. The number of aromatic nitrogens is 4. The van der Waals surface area contributed by atoms with Crippen LogP contribution in [0.5, 0.6) is 0 Å². The Morgan fingerprint density at radius 3 is 1.95 bits per heavy atom. The second-order valence-corrected chi connectivity index (χ2v) is 10.9. The maximum Gasteiger partial charge on any atom is 0.181 e. The monoisotopic (exact) mass is 538 g/mol. The van der Waals surface area contributed by atoms with Crippen LogP contribution in [0.25, 0.3) is 82.8 Å². The number of imidazole rings is 1. The van der Waals surface area contributed by atoms with Crippen molar-refractivity contribution >= 4 is 71.3 Å². The van der Waals surface area contributed by atoms with Crippen molar-refractivity contribution in [1.29, 1.82) is 0 Å². The van der Waals surface area contributed by atoms with E-state index in [1.807, 2.05) is 6.20 Å². The molecule has 0 aliphatic carbocycles. The first kappa shape index (κ1) is 21.9. The highest BCUT2D eigenvalue weighted by molar-refractivity contribution is 6.12. The van der Waals surface area contributed by atoms with Gasteiger partial charge in [-0.15, -0.1) is 0 Å². The van der Waals surface area contributed by atoms with Crippen LogP contribution in [-0.2, 0) is 0 Å². The van der Waals surface area contributed by atoms with Crippen molar-refractivity contribution in [3.63, 3.8) is 0 Å². The minimum atomic E-state index is 0.784. The first-order valence-electron chi connectivity index (χ1n) is 14.1. The van der Waals surface area contributed by atoms with Crippen LogP contribution < -0.4 is 0 Å². The predicted molar refractivity (Wildman–Crippen MR) is 171 cm³/mol. The third kappa shape index (κ3) is 2.74. The molecular formula is C37H22N4O. The van der Waals surface area contributed by atoms with E-state index in [-0.39, 0.29) is 0 Å². The lowest BCUT2D eigenvalue weighted by Gasteiger charge is -2.07. The summed E-state index contributed by atoms with van der Waals surface area (Å²) in [4.78, 5) is 4.88. The average molecular weight is 539 g/mol. The zero-order valence-corrected chi connectivity index (χ0v) is 22.4. The number of hydrogen-bond acceptors (Lipinski definition) is 2. The molecule has 5 heteroatoms. The number of nitrogens with zero attached hydrogens (tertiary/aromatic N) is 4. The van der Waals surface area contributed by atoms with E-state index in [1.54, 1.807) is 0 Å². The molecule has 0 bridgehead atoms. The van der Waals surface area contributed by atoms with Crippen molar-refractivity contribution in [2.45, 2.75) is 0 Å². The van der Waals surface area contributed by atoms with Gasteiger partial charge in [0, 0.05) is 38.8 Å². The Morgan fingerprint density at radius 2 is 1.17 bits per heavy atom. The molecule has 0 fully saturated rings. The molecule has 5 heterocycles. The molecule has 0 spiro atoms. The average Bonchev–Trinajstić information content (AvgIpc) is 3.78. The summed E-state index contributed by atoms with van der Waals surface area (Å²) in [5, 5.41) is 5.75. The van der Waals surface area contributed by atoms with Crippen LogP contribution in [0, 0.1) is 0 Å². The molecule has 196 valence electrons. The molecule has 42 heavy (non-hydrogen) atoms. The summed E-state index contributed by atoms with van der Waals surface area (Å²) < 4.78 is 13.5. The van der Waals surface area contributed by atoms with Gasteiger partial charge in [0.1, 0.15) is 11.2 Å². The topological polar surface area (TPSA) is 40.3 Å². The smallest absolute Gasteiger partial charge is 0.181 e. The fourth-order valence-electron chi connectivity index (χ4n) is 6.92. The Labute approximate surface area is 239 Å². The van der Waals surface area contributed by atoms with Crippen molar-refractivity contribution < 1.29 is 4.42 Å². The van der Waals surface area contributed by atoms with Gasteiger partial charge in [0.05, 0.1) is 27.6 Å². The lowest BCUT2D eigenvalue weighted by atomic mass is 10.1. The lowest BCUT2D eigenvalue weighted by Crippen LogP contribution is -1.97. The molecule has 0 saturated heterocycles. The van der Waals surface area contributed by atoms with Gasteiger partial charge in [0.15, 0.2) is 11.4 Å². The standard InChI is InChI=1S/C37H22N4O/c1-4-12-29-23(9-1)21-35-39(32-15-7-8-16-33(32)40(29)35)24-17-18-34-28(22-24)27-19-20-38-37(36(27)42-34)41-30-13-5-2-10-25(30)26-11-3-6-14-31(26)41/h1-22H. The molecule has 0 N–H and O–H groups in total. The molecule has 0 aliphatic rings. The third-order valence-corrected chi connectivity index (χ3v) is 8.69. The molecule has 5 nitrogen and oxygen atoms in total. The number of pyridine rings is 1. The maximum absolute atomic E-state index is 6.60. The number of para-hydroxylation sites is 5. The SMILES string of the molecule is c1ccc2c(c1)cc1n(-c3ccc4oc5c(-n6c7ccccc7c7ccccc76)nccc5c4c3)c3ccccc3n21. The zero-order valence-electron chi connectivity index (χ0n) is 22.4. The van der Waals surface area contributed by atoms with E-state index in [0.29, 0.717) is 0 Å². The number of furan rings is 1. The van der Waals surface area contributed by atoms with Crippen LogP contribution in [0.4, 0.5) is 0 Å². The molecule has 0 atom stereocenters. The molecule has 0 saturated carbocycles. The Hall–Kier alpha value is -5.81. The molecule has 0 radical (unpaired) electrons. The maximum atomic E-state index is 6.60. The van der Waals surface area contributed by atoms with Gasteiger partial charge in [0.25, 0.3) is 0 Å². The second-order valence-electron chi connectivity index (χ2n) is 10.9. The van der Waals surface area contributed by atoms with Crippen LogP contribution in [-0.4, -0.2) is 18.5 Å². The van der Waals surface area contributed by atoms with Gasteiger partial charge in [-0.2, -0.15) is 0 Å². The van der Waals surface area contributed by atoms with Crippen LogP contribution in [0.2, 0.25) is 0 Å². The Morgan fingerprint density at radius 1 is 0.500 bits per heavy atom. The van der Waals surface area contributed by atoms with E-state index >= 15 is 0 Å². The van der Waals surface area contributed by atoms with Crippen molar-refractivity contribution in [2.24, 2.45) is 0 Å². The van der Waals surface area contributed by atoms with Gasteiger partial charge >= 0.3 is 0 Å². The van der Waals surface area contributed by atoms with Crippen molar-refractivity contribution in [3.8, 4) is 11.5 Å². The normalized spacial score (nSPS) is 12.3. The largest absolute Gasteiger partial charge is 0.452 e. The summed E-state index contributed by atoms with van der Waals surface area (Å²) in [5.41, 5.74) is 9.64. The van der Waals surface area contributed by atoms with Crippen molar-refractivity contribution in [3.05, 3.63) is 134 Å². The van der Waals surface area contributed by atoms with E-state index in [9.17, 15) is 0 Å². The molecule has 0 unspecified atom stereocenters. The fraction of sp³-hybridized carbons (Fsp3) is 0. The summed E-state index contributed by atoms with van der Waals surface area (Å²) in [6.07, 6.45) is 1.89. The van der Waals surface area contributed by atoms with Crippen molar-refractivity contribution in [1.82, 2.24) is 18.5 Å². The summed E-state index contributed by atoms with van der Waals surface area (Å²) in [6.45, 7) is 0. The molecule has 10 aromatic rings. The first-order valence-corrected chi connectivity index (χ1v) is 14.1. The van der Waals surface area contributed by atoms with Gasteiger partial charge in [-0.05, 0) is 60.7 Å². The van der Waals surface area contributed by atoms with E-state index < -0.39 is 0 Å². The minimum Gasteiger partial charge on any atom is -0.452 e. The Balaban J connectivity index is 1.27. The van der Waals surface area contributed by atoms with Crippen LogP contribution >= 0.6 is 0 Å². The van der Waals surface area contributed by atoms with Gasteiger partial charge in [-0.25, -0.2) is 4.98 Å². The number of hydrogen-bond donors (Lipinski definition) is 0. The second kappa shape index (κ2) is 7.89. The highest BCUT2D eigenvalue weighted by Crippen LogP contribution is 2.38. The quantitative estimate of drug-likeness (QED) is 0.220. The minimum absolute atomic E-state index is 0.784. The number of fused-ring (bicyclic) bond motifs is 11. The van der Waals surface area contributed by atoms with Crippen molar-refractivity contribution in [2.75, 3.05) is 0 Å². The highest BCUT2D eigenvalue weighted by Gasteiger charge is 2.20. The van der Waals surface area contributed by atoms with Gasteiger partial charge < -0.3 is 4.42 Å². The summed E-state index contributed by atoms with van der Waals surface area (Å²) in [7, 11) is 0. The van der Waals surface area contributed by atoms with Crippen LogP contribution in [0.15, 0.2) is 138 Å². The Bertz CT molecular complexity index is 2650. The summed E-state index contributed by atoms with van der Waals surface area (Å²) in [5.74, 6) is 0.800. The Kier molecular flexibility index (Phi) is 4.12. The number of benzene rings is 5.